The summed E-state index contributed by atoms with van der Waals surface area (Å²) in [7, 11) is 1.49. The second-order valence-corrected chi connectivity index (χ2v) is 6.88. The third-order valence-electron chi connectivity index (χ3n) is 5.00. The first-order valence-corrected chi connectivity index (χ1v) is 9.60. The predicted molar refractivity (Wildman–Crippen MR) is 118 cm³/mol. The van der Waals surface area contributed by atoms with E-state index in [-0.39, 0.29) is 5.56 Å². The van der Waals surface area contributed by atoms with E-state index in [4.69, 9.17) is 9.15 Å². The average Bonchev–Trinajstić information content (AvgIpc) is 3.17. The smallest absolute Gasteiger partial charge is 0.349 e. The number of carbonyl (C=O) groups is 1. The van der Waals surface area contributed by atoms with Crippen molar-refractivity contribution in [2.45, 2.75) is 0 Å². The minimum Gasteiger partial charge on any atom is -0.493 e. The highest BCUT2D eigenvalue weighted by molar-refractivity contribution is 6.07. The SMILES string of the molecule is COc1cccc2cc(C(=O)Nc3c(-c4ccccc4)nc4ccccn34)c(=O)oc12. The van der Waals surface area contributed by atoms with E-state index in [1.165, 1.54) is 13.2 Å². The number of imidazole rings is 1. The zero-order valence-electron chi connectivity index (χ0n) is 16.5. The maximum Gasteiger partial charge on any atom is 0.349 e. The predicted octanol–water partition coefficient (Wildman–Crippen LogP) is 4.37. The molecule has 0 fully saturated rings. The summed E-state index contributed by atoms with van der Waals surface area (Å²) in [5, 5.41) is 3.44. The number of rotatable bonds is 4. The number of amides is 1. The number of anilines is 1. The number of fused-ring (bicyclic) bond motifs is 2. The van der Waals surface area contributed by atoms with Crippen LogP contribution in [0.15, 0.2) is 88.2 Å². The molecule has 152 valence electrons. The van der Waals surface area contributed by atoms with Crippen LogP contribution in [0.5, 0.6) is 5.75 Å². The molecule has 3 heterocycles. The maximum absolute atomic E-state index is 13.1. The molecule has 31 heavy (non-hydrogen) atoms. The molecule has 0 saturated heterocycles. The molecule has 0 aliphatic rings. The third-order valence-corrected chi connectivity index (χ3v) is 5.00. The number of para-hydroxylation sites is 1. The van der Waals surface area contributed by atoms with E-state index in [2.05, 4.69) is 10.3 Å². The van der Waals surface area contributed by atoms with Crippen molar-refractivity contribution in [1.82, 2.24) is 9.38 Å². The Morgan fingerprint density at radius 3 is 2.65 bits per heavy atom. The van der Waals surface area contributed by atoms with Crippen molar-refractivity contribution >= 4 is 28.3 Å². The Hall–Kier alpha value is -4.39. The number of hydrogen-bond donors (Lipinski definition) is 1. The normalized spacial score (nSPS) is 11.0. The minimum atomic E-state index is -0.746. The topological polar surface area (TPSA) is 85.8 Å². The zero-order valence-corrected chi connectivity index (χ0v) is 16.5. The molecular weight excluding hydrogens is 394 g/mol. The molecule has 0 radical (unpaired) electrons. The van der Waals surface area contributed by atoms with Gasteiger partial charge in [0.2, 0.25) is 0 Å². The molecule has 7 nitrogen and oxygen atoms in total. The maximum atomic E-state index is 13.1. The first kappa shape index (κ1) is 18.6. The molecule has 0 aliphatic heterocycles. The van der Waals surface area contributed by atoms with E-state index in [1.807, 2.05) is 48.5 Å². The highest BCUT2D eigenvalue weighted by Gasteiger charge is 2.20. The fraction of sp³-hybridized carbons (Fsp3) is 0.0417. The molecule has 2 aromatic carbocycles. The first-order valence-electron chi connectivity index (χ1n) is 9.60. The number of pyridine rings is 1. The van der Waals surface area contributed by atoms with E-state index in [1.54, 1.807) is 28.8 Å². The molecule has 0 aliphatic carbocycles. The summed E-state index contributed by atoms with van der Waals surface area (Å²) in [5.41, 5.74) is 1.57. The van der Waals surface area contributed by atoms with Gasteiger partial charge in [-0.1, -0.05) is 48.5 Å². The Kier molecular flexibility index (Phi) is 4.48. The van der Waals surface area contributed by atoms with Gasteiger partial charge < -0.3 is 14.5 Å². The van der Waals surface area contributed by atoms with Crippen molar-refractivity contribution in [2.75, 3.05) is 12.4 Å². The van der Waals surface area contributed by atoms with Crippen molar-refractivity contribution < 1.29 is 13.9 Å². The van der Waals surface area contributed by atoms with Crippen molar-refractivity contribution in [3.05, 3.63) is 95.0 Å². The lowest BCUT2D eigenvalue weighted by atomic mass is 10.1. The van der Waals surface area contributed by atoms with E-state index < -0.39 is 11.5 Å². The van der Waals surface area contributed by atoms with Gasteiger partial charge in [-0.25, -0.2) is 9.78 Å². The van der Waals surface area contributed by atoms with Crippen LogP contribution >= 0.6 is 0 Å². The lowest BCUT2D eigenvalue weighted by Crippen LogP contribution is -2.21. The molecular formula is C24H17N3O4. The van der Waals surface area contributed by atoms with Gasteiger partial charge in [-0.05, 0) is 24.3 Å². The number of nitrogens with one attached hydrogen (secondary N) is 1. The van der Waals surface area contributed by atoms with E-state index in [0.29, 0.717) is 33.9 Å². The van der Waals surface area contributed by atoms with Crippen LogP contribution in [0, 0.1) is 0 Å². The largest absolute Gasteiger partial charge is 0.493 e. The zero-order chi connectivity index (χ0) is 21.4. The van der Waals surface area contributed by atoms with Crippen LogP contribution in [-0.2, 0) is 0 Å². The van der Waals surface area contributed by atoms with Gasteiger partial charge >= 0.3 is 5.63 Å². The van der Waals surface area contributed by atoms with Crippen molar-refractivity contribution in [3.63, 3.8) is 0 Å². The highest BCUT2D eigenvalue weighted by atomic mass is 16.5. The Morgan fingerprint density at radius 2 is 1.84 bits per heavy atom. The minimum absolute atomic E-state index is 0.106. The number of aromatic nitrogens is 2. The highest BCUT2D eigenvalue weighted by Crippen LogP contribution is 2.29. The Balaban J connectivity index is 1.62. The Morgan fingerprint density at radius 1 is 1.03 bits per heavy atom. The van der Waals surface area contributed by atoms with Gasteiger partial charge in [-0.15, -0.1) is 0 Å². The molecule has 5 aromatic rings. The summed E-state index contributed by atoms with van der Waals surface area (Å²) in [6.45, 7) is 0. The third kappa shape index (κ3) is 3.22. The molecule has 0 saturated carbocycles. The lowest BCUT2D eigenvalue weighted by molar-refractivity contribution is 0.102. The van der Waals surface area contributed by atoms with E-state index in [0.717, 1.165) is 5.56 Å². The van der Waals surface area contributed by atoms with Crippen LogP contribution in [0.2, 0.25) is 0 Å². The molecule has 0 unspecified atom stereocenters. The van der Waals surface area contributed by atoms with E-state index >= 15 is 0 Å². The Bertz CT molecular complexity index is 1490. The number of methoxy groups -OCH3 is 1. The second kappa shape index (κ2) is 7.46. The van der Waals surface area contributed by atoms with Crippen molar-refractivity contribution in [2.24, 2.45) is 0 Å². The van der Waals surface area contributed by atoms with E-state index in [9.17, 15) is 9.59 Å². The number of benzene rings is 2. The van der Waals surface area contributed by atoms with Crippen molar-refractivity contribution in [1.29, 1.82) is 0 Å². The molecule has 1 amide bonds. The molecule has 1 N–H and O–H groups in total. The van der Waals surface area contributed by atoms with Crippen LogP contribution in [0.1, 0.15) is 10.4 Å². The van der Waals surface area contributed by atoms with Gasteiger partial charge in [0.05, 0.1) is 7.11 Å². The van der Waals surface area contributed by atoms with Crippen molar-refractivity contribution in [3.8, 4) is 17.0 Å². The summed E-state index contributed by atoms with van der Waals surface area (Å²) in [6.07, 6.45) is 1.80. The fourth-order valence-electron chi connectivity index (χ4n) is 3.52. The molecule has 7 heteroatoms. The monoisotopic (exact) mass is 411 g/mol. The second-order valence-electron chi connectivity index (χ2n) is 6.88. The average molecular weight is 411 g/mol. The van der Waals surface area contributed by atoms with Crippen LogP contribution in [-0.4, -0.2) is 22.4 Å². The summed E-state index contributed by atoms with van der Waals surface area (Å²) in [6, 6.07) is 21.8. The van der Waals surface area contributed by atoms with Gasteiger partial charge in [0.25, 0.3) is 5.91 Å². The van der Waals surface area contributed by atoms with Gasteiger partial charge in [-0.2, -0.15) is 0 Å². The quantitative estimate of drug-likeness (QED) is 0.444. The summed E-state index contributed by atoms with van der Waals surface area (Å²) in [4.78, 5) is 30.4. The fourth-order valence-corrected chi connectivity index (χ4v) is 3.52. The van der Waals surface area contributed by atoms with Gasteiger partial charge in [-0.3, -0.25) is 9.20 Å². The summed E-state index contributed by atoms with van der Waals surface area (Å²) < 4.78 is 12.4. The summed E-state index contributed by atoms with van der Waals surface area (Å²) in [5.74, 6) is 0.313. The first-order chi connectivity index (χ1) is 15.2. The summed E-state index contributed by atoms with van der Waals surface area (Å²) >= 11 is 0. The number of carbonyl (C=O) groups excluding carboxylic acids is 1. The van der Waals surface area contributed by atoms with Gasteiger partial charge in [0, 0.05) is 17.1 Å². The number of hydrogen-bond acceptors (Lipinski definition) is 5. The molecule has 0 atom stereocenters. The van der Waals surface area contributed by atoms with Crippen LogP contribution < -0.4 is 15.7 Å². The molecule has 0 spiro atoms. The standard InChI is InChI=1S/C24H17N3O4/c1-30-18-11-7-10-16-14-17(24(29)31-21(16)18)23(28)26-22-20(15-8-3-2-4-9-15)25-19-12-5-6-13-27(19)22/h2-14H,1H3,(H,26,28). The molecule has 0 bridgehead atoms. The lowest BCUT2D eigenvalue weighted by Gasteiger charge is -2.09. The van der Waals surface area contributed by atoms with Crippen LogP contribution in [0.3, 0.4) is 0 Å². The number of ether oxygens (including phenoxy) is 1. The molecule has 3 aromatic heterocycles. The van der Waals surface area contributed by atoms with Gasteiger partial charge in [0.1, 0.15) is 22.7 Å². The van der Waals surface area contributed by atoms with Crippen LogP contribution in [0.25, 0.3) is 27.9 Å². The Labute approximate surface area is 176 Å². The molecule has 5 rings (SSSR count). The number of nitrogens with zero attached hydrogens (tertiary/aromatic N) is 2. The van der Waals surface area contributed by atoms with Crippen LogP contribution in [0.4, 0.5) is 5.82 Å². The van der Waals surface area contributed by atoms with Gasteiger partial charge in [0.15, 0.2) is 11.3 Å².